The summed E-state index contributed by atoms with van der Waals surface area (Å²) in [4.78, 5) is 4.44. The highest BCUT2D eigenvalue weighted by Gasteiger charge is 2.13. The second kappa shape index (κ2) is 6.93. The maximum Gasteiger partial charge on any atom is 0.258 e. The molecule has 0 saturated carbocycles. The Kier molecular flexibility index (Phi) is 4.71. The fourth-order valence-corrected chi connectivity index (χ4v) is 2.45. The first kappa shape index (κ1) is 16.3. The zero-order valence-corrected chi connectivity index (χ0v) is 14.5. The van der Waals surface area contributed by atoms with Gasteiger partial charge in [0.2, 0.25) is 5.82 Å². The minimum Gasteiger partial charge on any atom is -0.489 e. The highest BCUT2D eigenvalue weighted by molar-refractivity contribution is 6.32. The number of ether oxygens (including phenoxy) is 1. The van der Waals surface area contributed by atoms with E-state index in [9.17, 15) is 0 Å². The Morgan fingerprint density at radius 2 is 1.79 bits per heavy atom. The fourth-order valence-electron chi connectivity index (χ4n) is 2.23. The van der Waals surface area contributed by atoms with Crippen LogP contribution in [-0.2, 0) is 0 Å². The van der Waals surface area contributed by atoms with Gasteiger partial charge in [-0.05, 0) is 56.3 Å². The molecular formula is C18H18ClN3O2. The standard InChI is InChI=1S/C18H18ClN3O2/c1-11(2)23-16-9-6-13(10-15(16)19)18-21-17(22-24-18)12-4-7-14(20-3)8-5-12/h4-11,20H,1-3H3. The molecule has 0 aliphatic carbocycles. The van der Waals surface area contributed by atoms with E-state index in [0.29, 0.717) is 22.5 Å². The van der Waals surface area contributed by atoms with Crippen molar-refractivity contribution in [2.75, 3.05) is 12.4 Å². The Morgan fingerprint density at radius 1 is 1.08 bits per heavy atom. The topological polar surface area (TPSA) is 60.2 Å². The van der Waals surface area contributed by atoms with Crippen LogP contribution in [-0.4, -0.2) is 23.3 Å². The molecule has 1 heterocycles. The summed E-state index contributed by atoms with van der Waals surface area (Å²) < 4.78 is 11.0. The number of nitrogens with zero attached hydrogens (tertiary/aromatic N) is 2. The maximum absolute atomic E-state index is 6.26. The van der Waals surface area contributed by atoms with Crippen LogP contribution in [0, 0.1) is 0 Å². The summed E-state index contributed by atoms with van der Waals surface area (Å²) in [5, 5.41) is 7.62. The summed E-state index contributed by atoms with van der Waals surface area (Å²) >= 11 is 6.26. The summed E-state index contributed by atoms with van der Waals surface area (Å²) in [5.74, 6) is 1.59. The average Bonchev–Trinajstić information content (AvgIpc) is 3.06. The lowest BCUT2D eigenvalue weighted by atomic mass is 10.2. The molecule has 3 aromatic rings. The van der Waals surface area contributed by atoms with Gasteiger partial charge in [0.1, 0.15) is 5.75 Å². The van der Waals surface area contributed by atoms with Crippen molar-refractivity contribution in [1.29, 1.82) is 0 Å². The maximum atomic E-state index is 6.26. The van der Waals surface area contributed by atoms with E-state index in [1.165, 1.54) is 0 Å². The molecule has 0 amide bonds. The van der Waals surface area contributed by atoms with Gasteiger partial charge >= 0.3 is 0 Å². The Morgan fingerprint density at radius 3 is 2.42 bits per heavy atom. The predicted molar refractivity (Wildman–Crippen MR) is 95.5 cm³/mol. The first-order valence-electron chi connectivity index (χ1n) is 7.65. The van der Waals surface area contributed by atoms with Crippen LogP contribution < -0.4 is 10.1 Å². The van der Waals surface area contributed by atoms with E-state index in [1.54, 1.807) is 6.07 Å². The molecule has 2 aromatic carbocycles. The van der Waals surface area contributed by atoms with Crippen molar-refractivity contribution in [2.24, 2.45) is 0 Å². The van der Waals surface area contributed by atoms with Crippen molar-refractivity contribution >= 4 is 17.3 Å². The SMILES string of the molecule is CNc1ccc(-c2noc(-c3ccc(OC(C)C)c(Cl)c3)n2)cc1. The fraction of sp³-hybridized carbons (Fsp3) is 0.222. The van der Waals surface area contributed by atoms with Gasteiger partial charge in [-0.25, -0.2) is 0 Å². The van der Waals surface area contributed by atoms with E-state index in [2.05, 4.69) is 15.5 Å². The molecule has 1 aromatic heterocycles. The van der Waals surface area contributed by atoms with Gasteiger partial charge in [-0.2, -0.15) is 4.98 Å². The van der Waals surface area contributed by atoms with Crippen molar-refractivity contribution in [1.82, 2.24) is 10.1 Å². The lowest BCUT2D eigenvalue weighted by Crippen LogP contribution is -2.05. The van der Waals surface area contributed by atoms with Gasteiger partial charge in [0.15, 0.2) is 0 Å². The van der Waals surface area contributed by atoms with Crippen molar-refractivity contribution < 1.29 is 9.26 Å². The molecule has 24 heavy (non-hydrogen) atoms. The molecular weight excluding hydrogens is 326 g/mol. The molecule has 5 nitrogen and oxygen atoms in total. The number of hydrogen-bond acceptors (Lipinski definition) is 5. The molecule has 0 saturated heterocycles. The summed E-state index contributed by atoms with van der Waals surface area (Å²) in [6, 6.07) is 13.2. The van der Waals surface area contributed by atoms with E-state index < -0.39 is 0 Å². The average molecular weight is 344 g/mol. The summed E-state index contributed by atoms with van der Waals surface area (Å²) in [7, 11) is 1.87. The van der Waals surface area contributed by atoms with Gasteiger partial charge in [0.25, 0.3) is 5.89 Å². The minimum absolute atomic E-state index is 0.0592. The molecule has 1 N–H and O–H groups in total. The molecule has 0 aliphatic rings. The molecule has 0 unspecified atom stereocenters. The van der Waals surface area contributed by atoms with E-state index in [4.69, 9.17) is 20.9 Å². The van der Waals surface area contributed by atoms with Crippen molar-refractivity contribution in [2.45, 2.75) is 20.0 Å². The first-order chi connectivity index (χ1) is 11.6. The smallest absolute Gasteiger partial charge is 0.258 e. The van der Waals surface area contributed by atoms with Crippen molar-refractivity contribution in [3.8, 4) is 28.6 Å². The van der Waals surface area contributed by atoms with Crippen LogP contribution in [0.25, 0.3) is 22.8 Å². The molecule has 0 fully saturated rings. The quantitative estimate of drug-likeness (QED) is 0.715. The van der Waals surface area contributed by atoms with Crippen LogP contribution >= 0.6 is 11.6 Å². The number of halogens is 1. The molecule has 0 radical (unpaired) electrons. The Bertz CT molecular complexity index is 829. The number of rotatable bonds is 5. The summed E-state index contributed by atoms with van der Waals surface area (Å²) in [6.45, 7) is 3.90. The molecule has 0 spiro atoms. The zero-order chi connectivity index (χ0) is 17.1. The number of nitrogens with one attached hydrogen (secondary N) is 1. The van der Waals surface area contributed by atoms with Crippen LogP contribution in [0.1, 0.15) is 13.8 Å². The molecule has 3 rings (SSSR count). The van der Waals surface area contributed by atoms with Crippen LogP contribution in [0.3, 0.4) is 0 Å². The number of hydrogen-bond donors (Lipinski definition) is 1. The van der Waals surface area contributed by atoms with Gasteiger partial charge in [-0.15, -0.1) is 0 Å². The van der Waals surface area contributed by atoms with E-state index in [0.717, 1.165) is 16.8 Å². The molecule has 0 atom stereocenters. The minimum atomic E-state index is 0.0592. The predicted octanol–water partition coefficient (Wildman–Crippen LogP) is 4.89. The van der Waals surface area contributed by atoms with Crippen LogP contribution in [0.4, 0.5) is 5.69 Å². The van der Waals surface area contributed by atoms with Crippen molar-refractivity contribution in [3.05, 3.63) is 47.5 Å². The van der Waals surface area contributed by atoms with Gasteiger partial charge < -0.3 is 14.6 Å². The van der Waals surface area contributed by atoms with Gasteiger partial charge in [-0.1, -0.05) is 16.8 Å². The van der Waals surface area contributed by atoms with Gasteiger partial charge in [0, 0.05) is 23.9 Å². The second-order valence-corrected chi connectivity index (χ2v) is 5.97. The Hall–Kier alpha value is -2.53. The monoisotopic (exact) mass is 343 g/mol. The number of anilines is 1. The highest BCUT2D eigenvalue weighted by atomic mass is 35.5. The second-order valence-electron chi connectivity index (χ2n) is 5.56. The molecule has 0 bridgehead atoms. The largest absolute Gasteiger partial charge is 0.489 e. The van der Waals surface area contributed by atoms with E-state index in [-0.39, 0.29) is 6.10 Å². The third kappa shape index (κ3) is 3.51. The first-order valence-corrected chi connectivity index (χ1v) is 8.03. The molecule has 6 heteroatoms. The normalized spacial score (nSPS) is 10.9. The third-order valence-electron chi connectivity index (χ3n) is 3.40. The Labute approximate surface area is 145 Å². The number of aromatic nitrogens is 2. The lowest BCUT2D eigenvalue weighted by molar-refractivity contribution is 0.242. The summed E-state index contributed by atoms with van der Waals surface area (Å²) in [6.07, 6.45) is 0.0592. The molecule has 0 aliphatic heterocycles. The van der Waals surface area contributed by atoms with Gasteiger partial charge in [0.05, 0.1) is 11.1 Å². The lowest BCUT2D eigenvalue weighted by Gasteiger charge is -2.11. The van der Waals surface area contributed by atoms with E-state index >= 15 is 0 Å². The van der Waals surface area contributed by atoms with Crippen LogP contribution in [0.15, 0.2) is 47.0 Å². The highest BCUT2D eigenvalue weighted by Crippen LogP contribution is 2.31. The zero-order valence-electron chi connectivity index (χ0n) is 13.7. The Balaban J connectivity index is 1.85. The van der Waals surface area contributed by atoms with Gasteiger partial charge in [-0.3, -0.25) is 0 Å². The summed E-state index contributed by atoms with van der Waals surface area (Å²) in [5.41, 5.74) is 2.66. The molecule has 124 valence electrons. The van der Waals surface area contributed by atoms with Crippen LogP contribution in [0.5, 0.6) is 5.75 Å². The number of benzene rings is 2. The van der Waals surface area contributed by atoms with Crippen LogP contribution in [0.2, 0.25) is 5.02 Å². The van der Waals surface area contributed by atoms with Crippen molar-refractivity contribution in [3.63, 3.8) is 0 Å². The third-order valence-corrected chi connectivity index (χ3v) is 3.69. The van der Waals surface area contributed by atoms with E-state index in [1.807, 2.05) is 57.3 Å².